The number of fused-ring (bicyclic) bond motifs is 8. The van der Waals surface area contributed by atoms with Gasteiger partial charge in [0.2, 0.25) is 29.5 Å². The van der Waals surface area contributed by atoms with Crippen LogP contribution in [0.15, 0.2) is 202 Å². The summed E-state index contributed by atoms with van der Waals surface area (Å²) in [5, 5.41) is 38.5. The summed E-state index contributed by atoms with van der Waals surface area (Å²) < 4.78 is 16.2. The summed E-state index contributed by atoms with van der Waals surface area (Å²) in [4.78, 5) is 151. The number of carbonyl (C=O) groups excluding carboxylic acids is 8. The maximum atomic E-state index is 11.8. The summed E-state index contributed by atoms with van der Waals surface area (Å²) in [6.45, 7) is 32.2. The minimum atomic E-state index is -0.736. The van der Waals surface area contributed by atoms with Crippen molar-refractivity contribution in [2.75, 3.05) is 51.0 Å². The number of pyridine rings is 1. The van der Waals surface area contributed by atoms with E-state index >= 15 is 0 Å². The van der Waals surface area contributed by atoms with Gasteiger partial charge in [-0.05, 0) is 101 Å². The third-order valence-corrected chi connectivity index (χ3v) is 25.0. The number of hydrogen-bond acceptors (Lipinski definition) is 31. The largest absolute Gasteiger partial charge is 0.356 e. The number of rotatable bonds is 8. The van der Waals surface area contributed by atoms with Crippen LogP contribution in [0.1, 0.15) is 183 Å². The number of aromatic nitrogens is 15. The van der Waals surface area contributed by atoms with E-state index in [0.717, 1.165) is 170 Å². The lowest BCUT2D eigenvalue weighted by Crippen LogP contribution is -2.46. The van der Waals surface area contributed by atoms with Crippen LogP contribution in [0, 0.1) is 0 Å². The monoisotopic (exact) mass is 1860 g/mol. The molecule has 24 rings (SSSR count). The Bertz CT molecular complexity index is 5470. The average Bonchev–Trinajstić information content (AvgIpc) is 1.78. The van der Waals surface area contributed by atoms with E-state index in [2.05, 4.69) is 198 Å². The quantitative estimate of drug-likeness (QED) is 0.0750. The predicted molar refractivity (Wildman–Crippen MR) is 507 cm³/mol. The van der Waals surface area contributed by atoms with Crippen molar-refractivity contribution in [2.24, 2.45) is 0 Å². The number of amides is 8. The number of nitrogens with zero attached hydrogens (tertiary/aromatic N) is 15. The van der Waals surface area contributed by atoms with Gasteiger partial charge in [-0.25, -0.2) is 44.9 Å². The van der Waals surface area contributed by atoms with Crippen LogP contribution in [0.5, 0.6) is 0 Å². The minimum Gasteiger partial charge on any atom is -0.356 e. The van der Waals surface area contributed by atoms with Crippen molar-refractivity contribution in [3.63, 3.8) is 0 Å². The van der Waals surface area contributed by atoms with Crippen LogP contribution in [0.4, 0.5) is 0 Å². The van der Waals surface area contributed by atoms with E-state index in [1.807, 2.05) is 103 Å². The van der Waals surface area contributed by atoms with Gasteiger partial charge in [-0.15, -0.1) is 23.5 Å². The first-order chi connectivity index (χ1) is 65.9. The van der Waals surface area contributed by atoms with Gasteiger partial charge in [0.15, 0.2) is 35.8 Å². The molecule has 8 atom stereocenters. The number of thioether (sulfide) groups is 2. The Balaban J connectivity index is 0.000000108. The zero-order valence-electron chi connectivity index (χ0n) is 73.5. The topological polar surface area (TPSA) is 490 Å². The van der Waals surface area contributed by atoms with Gasteiger partial charge in [0.25, 0.3) is 17.7 Å². The molecule has 11 N–H and O–H groups in total. The van der Waals surface area contributed by atoms with Gasteiger partial charge >= 0.3 is 0 Å². The van der Waals surface area contributed by atoms with Crippen molar-refractivity contribution in [3.05, 3.63) is 339 Å². The molecule has 8 aromatic rings. The number of piperazine rings is 3. The van der Waals surface area contributed by atoms with Crippen molar-refractivity contribution in [1.82, 2.24) is 133 Å². The molecular weight excluding hydrogens is 1770 g/mol. The molecule has 0 spiro atoms. The van der Waals surface area contributed by atoms with E-state index in [1.54, 1.807) is 37.2 Å². The second-order valence-electron chi connectivity index (χ2n) is 32.8. The van der Waals surface area contributed by atoms with Crippen molar-refractivity contribution >= 4 is 119 Å². The zero-order chi connectivity index (χ0) is 94.6. The highest BCUT2D eigenvalue weighted by Gasteiger charge is 2.37. The molecule has 136 heavy (non-hydrogen) atoms. The van der Waals surface area contributed by atoms with Crippen LogP contribution in [0.2, 0.25) is 0 Å². The lowest BCUT2D eigenvalue weighted by Gasteiger charge is -2.25. The molecule has 0 saturated carbocycles. The van der Waals surface area contributed by atoms with E-state index in [9.17, 15) is 38.4 Å². The average molecular weight is 1860 g/mol. The van der Waals surface area contributed by atoms with Gasteiger partial charge in [0.1, 0.15) is 34.3 Å². The first-order valence-corrected chi connectivity index (χ1v) is 45.5. The SMILES string of the molecule is C=C1CNC(c2cnc3c(c2)C=CC3)C(=O)N1.C=C1CNC(c2cnc3c(n2)C=CC3)C(=O)N1.C=C1CNC(c2ncc3c(n2)C=CC3)C(=O)N1.C=C1COC(c2cc3c(nn2)CC=C3)C(=O)N1.C=C1COC(c2cnc3c(n2)C=CC3)C(=O)N1.C=C1COC(c2ncc3c(n2)C=CC3)C(=O)N1.C=C1CSC(c2cnc3c(n2)C=CC3)C(=O)N1.C=C1CSC(c2ncc3c(n2)C=CC3)C(=O)N1. The standard InChI is InChI=1S/C13H13N3O.2C12H12N4O.3C12H11N3O2.2C12H11N3OS/c1-8-6-15-12(13(17)16-8)10-5-9-3-2-4-11(9)14-7-10;1-7-5-14-11(12(17)15-7)10-6-13-8-3-2-4-9(8)16-10;1-7-5-13-10(12(17)15-7)11-14-6-8-3-2-4-9(8)16-11;1-7-6-17-11(12(16)14-7)10-5-13-8-3-2-4-9(8)15-10;1-7-6-17-10(12(16)14-7)11-13-5-8-3-2-4-9(8)15-11;1-7-6-17-11(12(16)13-7)10-5-8-3-2-4-9(8)14-15-10;1-7-6-17-11(12(16)14-7)10-5-13-8-3-2-4-9(8)15-10;1-7-6-17-10(12(16)14-7)11-13-5-8-3-2-4-9(8)15-11/h2-3,5,7,12,15H,1,4,6H2,(H,16,17);2,4,6,11,14H,1,3,5H2,(H,15,17);2,4,6,10,13H,1,3,5H2,(H,15,17);2,4-5,11H,1,3,6H2,(H,14,16);2,4-5,10H,1,3,6H2,(H,14,16);2-3,5,11H,1,4,6H2,(H,13,16);2,4-5,11H,1,3,6H2,(H,14,16);2,4-5,10H,1,3,6H2,(H,14,16). The van der Waals surface area contributed by atoms with E-state index in [0.29, 0.717) is 114 Å². The Kier molecular flexibility index (Phi) is 28.5. The molecule has 8 aliphatic heterocycles. The van der Waals surface area contributed by atoms with Crippen molar-refractivity contribution in [3.8, 4) is 0 Å². The zero-order valence-corrected chi connectivity index (χ0v) is 75.2. The normalized spacial score (nSPS) is 22.5. The molecule has 0 radical (unpaired) electrons. The minimum absolute atomic E-state index is 0.0533. The number of hydrogen-bond donors (Lipinski definition) is 11. The lowest BCUT2D eigenvalue weighted by atomic mass is 10.0. The van der Waals surface area contributed by atoms with Crippen molar-refractivity contribution in [2.45, 2.75) is 98.3 Å². The molecule has 8 fully saturated rings. The fourth-order valence-corrected chi connectivity index (χ4v) is 17.5. The Labute approximate surface area is 788 Å². The van der Waals surface area contributed by atoms with Crippen LogP contribution >= 0.6 is 23.5 Å². The second-order valence-corrected chi connectivity index (χ2v) is 35.0. The summed E-state index contributed by atoms with van der Waals surface area (Å²) in [5.74, 6) is 1.74. The molecule has 37 nitrogen and oxygen atoms in total. The highest BCUT2D eigenvalue weighted by molar-refractivity contribution is 8.00. The maximum Gasteiger partial charge on any atom is 0.261 e. The van der Waals surface area contributed by atoms with Crippen LogP contribution < -0.4 is 58.5 Å². The smallest absolute Gasteiger partial charge is 0.261 e. The third-order valence-electron chi connectivity index (χ3n) is 22.4. The van der Waals surface area contributed by atoms with Crippen LogP contribution in [-0.4, -0.2) is 173 Å². The molecule has 16 heterocycles. The summed E-state index contributed by atoms with van der Waals surface area (Å²) in [5.41, 5.74) is 24.3. The van der Waals surface area contributed by atoms with Gasteiger partial charge in [-0.2, -0.15) is 10.2 Å². The summed E-state index contributed by atoms with van der Waals surface area (Å²) >= 11 is 3.06. The molecule has 8 saturated heterocycles. The molecule has 39 heteroatoms. The number of ether oxygens (including phenoxy) is 3. The summed E-state index contributed by atoms with van der Waals surface area (Å²) in [6, 6.07) is 2.63. The molecule has 0 bridgehead atoms. The van der Waals surface area contributed by atoms with E-state index in [1.165, 1.54) is 23.5 Å². The van der Waals surface area contributed by atoms with E-state index < -0.39 is 30.4 Å². The Morgan fingerprint density at radius 2 is 0.662 bits per heavy atom. The fraction of sp³-hybridized carbons (Fsp3) is 0.247. The first-order valence-electron chi connectivity index (χ1n) is 43.4. The van der Waals surface area contributed by atoms with Gasteiger partial charge in [-0.1, -0.05) is 113 Å². The third kappa shape index (κ3) is 22.1. The molecule has 688 valence electrons. The first kappa shape index (κ1) is 92.6. The van der Waals surface area contributed by atoms with Crippen LogP contribution in [0.25, 0.3) is 48.6 Å². The van der Waals surface area contributed by atoms with Gasteiger partial charge in [0, 0.05) is 134 Å². The highest BCUT2D eigenvalue weighted by Crippen LogP contribution is 2.36. The highest BCUT2D eigenvalue weighted by atomic mass is 32.2. The Hall–Kier alpha value is -15.2. The maximum absolute atomic E-state index is 11.8. The molecule has 16 aliphatic rings. The molecule has 8 unspecified atom stereocenters. The number of allylic oxidation sites excluding steroid dienone is 8. The predicted octanol–water partition coefficient (Wildman–Crippen LogP) is 6.73. The number of morpholine rings is 3. The van der Waals surface area contributed by atoms with Gasteiger partial charge in [0.05, 0.1) is 118 Å². The molecule has 0 aromatic carbocycles. The molecular formula is C97H92N26O11S2. The van der Waals surface area contributed by atoms with Crippen molar-refractivity contribution < 1.29 is 52.6 Å². The lowest BCUT2D eigenvalue weighted by molar-refractivity contribution is -0.136. The Morgan fingerprint density at radius 3 is 1.18 bits per heavy atom. The summed E-state index contributed by atoms with van der Waals surface area (Å²) in [7, 11) is 0. The summed E-state index contributed by atoms with van der Waals surface area (Å²) in [6.07, 6.45) is 48.7. The second kappa shape index (κ2) is 41.9. The number of nitrogens with one attached hydrogen (secondary N) is 11. The molecule has 8 aromatic heterocycles. The van der Waals surface area contributed by atoms with Crippen LogP contribution in [0.3, 0.4) is 0 Å². The molecule has 8 aliphatic carbocycles. The fourth-order valence-electron chi connectivity index (χ4n) is 15.7. The Morgan fingerprint density at radius 1 is 0.287 bits per heavy atom. The van der Waals surface area contributed by atoms with Crippen molar-refractivity contribution in [1.29, 1.82) is 0 Å². The van der Waals surface area contributed by atoms with Gasteiger partial charge < -0.3 is 56.7 Å². The van der Waals surface area contributed by atoms with E-state index in [-0.39, 0.29) is 63.8 Å². The number of carbonyl (C=O) groups is 8. The van der Waals surface area contributed by atoms with Gasteiger partial charge in [-0.3, -0.25) is 74.2 Å². The van der Waals surface area contributed by atoms with Crippen LogP contribution in [-0.2, 0) is 104 Å². The van der Waals surface area contributed by atoms with E-state index in [4.69, 9.17) is 14.2 Å². The molecule has 8 amide bonds.